The van der Waals surface area contributed by atoms with E-state index in [9.17, 15) is 5.11 Å². The van der Waals surface area contributed by atoms with Gasteiger partial charge in [0.2, 0.25) is 0 Å². The molecule has 13 heavy (non-hydrogen) atoms. The molecule has 1 aromatic heterocycles. The van der Waals surface area contributed by atoms with Gasteiger partial charge in [-0.3, -0.25) is 4.68 Å². The van der Waals surface area contributed by atoms with E-state index in [-0.39, 0.29) is 11.6 Å². The molecule has 72 valence electrons. The van der Waals surface area contributed by atoms with E-state index in [0.717, 1.165) is 12.2 Å². The van der Waals surface area contributed by atoms with Crippen LogP contribution in [-0.4, -0.2) is 21.0 Å². The van der Waals surface area contributed by atoms with Crippen molar-refractivity contribution in [1.82, 2.24) is 9.78 Å². The van der Waals surface area contributed by atoms with Crippen molar-refractivity contribution >= 4 is 0 Å². The number of rotatable bonds is 2. The summed E-state index contributed by atoms with van der Waals surface area (Å²) in [5.74, 6) is 0. The van der Waals surface area contributed by atoms with E-state index in [0.29, 0.717) is 12.8 Å². The molecule has 0 saturated heterocycles. The first-order valence-corrected chi connectivity index (χ1v) is 4.65. The van der Waals surface area contributed by atoms with Gasteiger partial charge in [0.15, 0.2) is 0 Å². The minimum absolute atomic E-state index is 0.231. The van der Waals surface area contributed by atoms with E-state index in [4.69, 9.17) is 5.73 Å². The summed E-state index contributed by atoms with van der Waals surface area (Å²) in [5, 5.41) is 13.4. The van der Waals surface area contributed by atoms with Crippen molar-refractivity contribution in [2.45, 2.75) is 38.0 Å². The number of nitrogens with two attached hydrogens (primary N) is 1. The number of hydrogen-bond donors (Lipinski definition) is 2. The van der Waals surface area contributed by atoms with Crippen LogP contribution in [0.15, 0.2) is 12.3 Å². The Bertz CT molecular complexity index is 302. The van der Waals surface area contributed by atoms with Crippen molar-refractivity contribution < 1.29 is 5.11 Å². The summed E-state index contributed by atoms with van der Waals surface area (Å²) in [4.78, 5) is 0. The molecule has 0 atom stereocenters. The summed E-state index contributed by atoms with van der Waals surface area (Å²) in [6.45, 7) is 2.87. The van der Waals surface area contributed by atoms with Crippen LogP contribution in [0, 0.1) is 0 Å². The average molecular weight is 181 g/mol. The Morgan fingerprint density at radius 1 is 1.77 bits per heavy atom. The third kappa shape index (κ3) is 1.26. The predicted octanol–water partition coefficient (Wildman–Crippen LogP) is 0.212. The maximum absolute atomic E-state index is 9.24. The van der Waals surface area contributed by atoms with Gasteiger partial charge in [-0.25, -0.2) is 0 Å². The number of aromatic nitrogens is 2. The zero-order chi connectivity index (χ0) is 9.47. The van der Waals surface area contributed by atoms with Crippen molar-refractivity contribution in [2.24, 2.45) is 5.73 Å². The Labute approximate surface area is 77.4 Å². The Balaban J connectivity index is 2.25. The fourth-order valence-electron chi connectivity index (χ4n) is 2.00. The lowest BCUT2D eigenvalue weighted by molar-refractivity contribution is 0.0166. The Morgan fingerprint density at radius 3 is 3.00 bits per heavy atom. The van der Waals surface area contributed by atoms with E-state index in [1.807, 2.05) is 17.7 Å². The van der Waals surface area contributed by atoms with E-state index >= 15 is 0 Å². The Morgan fingerprint density at radius 2 is 2.46 bits per heavy atom. The topological polar surface area (TPSA) is 64.1 Å². The van der Waals surface area contributed by atoms with Crippen LogP contribution in [0.1, 0.15) is 25.5 Å². The largest absolute Gasteiger partial charge is 0.393 e. The lowest BCUT2D eigenvalue weighted by atomic mass is 9.73. The lowest BCUT2D eigenvalue weighted by Gasteiger charge is -2.42. The van der Waals surface area contributed by atoms with Gasteiger partial charge in [-0.05, 0) is 25.8 Å². The monoisotopic (exact) mass is 181 g/mol. The normalized spacial score (nSPS) is 33.0. The molecule has 0 aromatic carbocycles. The second-order valence-electron chi connectivity index (χ2n) is 3.75. The van der Waals surface area contributed by atoms with Gasteiger partial charge in [-0.2, -0.15) is 5.10 Å². The summed E-state index contributed by atoms with van der Waals surface area (Å²) < 4.78 is 1.89. The maximum Gasteiger partial charge on any atom is 0.0630 e. The Kier molecular flexibility index (Phi) is 1.89. The molecule has 1 saturated carbocycles. The van der Waals surface area contributed by atoms with Gasteiger partial charge in [0.05, 0.1) is 17.3 Å². The molecule has 0 amide bonds. The lowest BCUT2D eigenvalue weighted by Crippen LogP contribution is -2.52. The fourth-order valence-corrected chi connectivity index (χ4v) is 2.00. The molecule has 1 aromatic rings. The number of hydrogen-bond acceptors (Lipinski definition) is 3. The van der Waals surface area contributed by atoms with Gasteiger partial charge in [0.25, 0.3) is 0 Å². The SMILES string of the molecule is CCn1nccc1C1(N)CC(O)C1. The molecule has 1 aliphatic carbocycles. The van der Waals surface area contributed by atoms with Crippen LogP contribution in [0.4, 0.5) is 0 Å². The van der Waals surface area contributed by atoms with Gasteiger partial charge in [0.1, 0.15) is 0 Å². The quantitative estimate of drug-likeness (QED) is 0.685. The molecule has 2 rings (SSSR count). The molecular weight excluding hydrogens is 166 g/mol. The first kappa shape index (κ1) is 8.72. The maximum atomic E-state index is 9.24. The molecule has 1 fully saturated rings. The molecule has 1 heterocycles. The fraction of sp³-hybridized carbons (Fsp3) is 0.667. The number of aryl methyl sites for hydroxylation is 1. The molecule has 0 spiro atoms. The van der Waals surface area contributed by atoms with Gasteiger partial charge in [0, 0.05) is 12.7 Å². The van der Waals surface area contributed by atoms with Crippen molar-refractivity contribution in [1.29, 1.82) is 0 Å². The van der Waals surface area contributed by atoms with Crippen LogP contribution in [0.3, 0.4) is 0 Å². The van der Waals surface area contributed by atoms with Gasteiger partial charge >= 0.3 is 0 Å². The average Bonchev–Trinajstić information content (AvgIpc) is 2.48. The molecule has 0 unspecified atom stereocenters. The molecule has 4 heteroatoms. The van der Waals surface area contributed by atoms with Crippen molar-refractivity contribution in [3.63, 3.8) is 0 Å². The highest BCUT2D eigenvalue weighted by Crippen LogP contribution is 2.38. The zero-order valence-corrected chi connectivity index (χ0v) is 7.77. The predicted molar refractivity (Wildman–Crippen MR) is 49.0 cm³/mol. The van der Waals surface area contributed by atoms with E-state index < -0.39 is 0 Å². The highest BCUT2D eigenvalue weighted by molar-refractivity contribution is 5.19. The molecule has 4 nitrogen and oxygen atoms in total. The highest BCUT2D eigenvalue weighted by Gasteiger charge is 2.43. The van der Waals surface area contributed by atoms with Crippen LogP contribution in [0.25, 0.3) is 0 Å². The van der Waals surface area contributed by atoms with E-state index in [1.54, 1.807) is 6.20 Å². The minimum Gasteiger partial charge on any atom is -0.393 e. The van der Waals surface area contributed by atoms with E-state index in [2.05, 4.69) is 5.10 Å². The summed E-state index contributed by atoms with van der Waals surface area (Å²) in [6.07, 6.45) is 2.83. The first-order chi connectivity index (χ1) is 6.15. The highest BCUT2D eigenvalue weighted by atomic mass is 16.3. The molecule has 0 radical (unpaired) electrons. The smallest absolute Gasteiger partial charge is 0.0630 e. The molecular formula is C9H15N3O. The number of aliphatic hydroxyl groups is 1. The standard InChI is InChI=1S/C9H15N3O/c1-2-12-8(3-4-11-12)9(10)5-7(13)6-9/h3-4,7,13H,2,5-6,10H2,1H3. The molecule has 3 N–H and O–H groups in total. The van der Waals surface area contributed by atoms with Gasteiger partial charge in [-0.15, -0.1) is 0 Å². The van der Waals surface area contributed by atoms with Crippen LogP contribution in [-0.2, 0) is 12.1 Å². The number of nitrogens with zero attached hydrogens (tertiary/aromatic N) is 2. The molecule has 1 aliphatic rings. The summed E-state index contributed by atoms with van der Waals surface area (Å²) in [6, 6.07) is 1.94. The van der Waals surface area contributed by atoms with E-state index in [1.165, 1.54) is 0 Å². The summed E-state index contributed by atoms with van der Waals surface area (Å²) in [7, 11) is 0. The number of aliphatic hydroxyl groups excluding tert-OH is 1. The van der Waals surface area contributed by atoms with Crippen molar-refractivity contribution in [3.8, 4) is 0 Å². The second kappa shape index (κ2) is 2.82. The minimum atomic E-state index is -0.341. The first-order valence-electron chi connectivity index (χ1n) is 4.65. The van der Waals surface area contributed by atoms with Crippen LogP contribution >= 0.6 is 0 Å². The van der Waals surface area contributed by atoms with Crippen molar-refractivity contribution in [3.05, 3.63) is 18.0 Å². The second-order valence-corrected chi connectivity index (χ2v) is 3.75. The van der Waals surface area contributed by atoms with Crippen molar-refractivity contribution in [2.75, 3.05) is 0 Å². The third-order valence-electron chi connectivity index (χ3n) is 2.73. The van der Waals surface area contributed by atoms with Crippen LogP contribution in [0.5, 0.6) is 0 Å². The molecule has 0 aliphatic heterocycles. The summed E-state index contributed by atoms with van der Waals surface area (Å²) in [5.41, 5.74) is 6.82. The van der Waals surface area contributed by atoms with Gasteiger partial charge < -0.3 is 10.8 Å². The molecule has 0 bridgehead atoms. The zero-order valence-electron chi connectivity index (χ0n) is 7.77. The Hall–Kier alpha value is -0.870. The summed E-state index contributed by atoms with van der Waals surface area (Å²) >= 11 is 0. The van der Waals surface area contributed by atoms with Gasteiger partial charge in [-0.1, -0.05) is 0 Å². The van der Waals surface area contributed by atoms with Crippen LogP contribution in [0.2, 0.25) is 0 Å². The third-order valence-corrected chi connectivity index (χ3v) is 2.73. The van der Waals surface area contributed by atoms with Crippen LogP contribution < -0.4 is 5.73 Å².